The molecule has 10 aromatic rings. The molecule has 0 atom stereocenters. The van der Waals surface area contributed by atoms with Crippen LogP contribution in [0.4, 0.5) is 4.39 Å². The lowest BCUT2D eigenvalue weighted by atomic mass is 9.77. The van der Waals surface area contributed by atoms with E-state index in [9.17, 15) is 0 Å². The molecule has 456 valence electrons. The van der Waals surface area contributed by atoms with E-state index in [1.165, 1.54) is 89.0 Å². The molecule has 0 saturated heterocycles. The zero-order chi connectivity index (χ0) is 64.4. The second-order valence-corrected chi connectivity index (χ2v) is 34.0. The third-order valence-corrected chi connectivity index (χ3v) is 18.4. The summed E-state index contributed by atoms with van der Waals surface area (Å²) in [5.74, 6) is -0.261. The Balaban J connectivity index is 1.27. The summed E-state index contributed by atoms with van der Waals surface area (Å²) in [5, 5.41) is 2.13. The topological polar surface area (TPSA) is 4.93 Å². The monoisotopic (exact) mass is 1170 g/mol. The van der Waals surface area contributed by atoms with Crippen molar-refractivity contribution < 1.29 is 4.39 Å². The summed E-state index contributed by atoms with van der Waals surface area (Å²) < 4.78 is 18.6. The third-order valence-electron chi connectivity index (χ3n) is 18.4. The van der Waals surface area contributed by atoms with Crippen LogP contribution in [-0.4, -0.2) is 4.57 Å². The molecule has 0 N–H and O–H groups in total. The molecular formula is C86H100FN. The highest BCUT2D eigenvalue weighted by Crippen LogP contribution is 2.45. The largest absolute Gasteiger partial charge is 0.306 e. The van der Waals surface area contributed by atoms with Gasteiger partial charge in [0.25, 0.3) is 0 Å². The smallest absolute Gasteiger partial charge is 0.147 e. The molecular weight excluding hydrogens is 1070 g/mol. The van der Waals surface area contributed by atoms with Crippen molar-refractivity contribution in [3.8, 4) is 72.4 Å². The van der Waals surface area contributed by atoms with E-state index in [0.29, 0.717) is 5.69 Å². The summed E-state index contributed by atoms with van der Waals surface area (Å²) in [6, 6.07) is 64.5. The van der Waals surface area contributed by atoms with Crippen LogP contribution >= 0.6 is 0 Å². The number of aromatic nitrogens is 1. The van der Waals surface area contributed by atoms with E-state index in [4.69, 9.17) is 0 Å². The van der Waals surface area contributed by atoms with Gasteiger partial charge in [0, 0.05) is 10.8 Å². The predicted molar refractivity (Wildman–Crippen MR) is 383 cm³/mol. The van der Waals surface area contributed by atoms with Crippen LogP contribution in [0.1, 0.15) is 211 Å². The summed E-state index contributed by atoms with van der Waals surface area (Å²) in [7, 11) is 0. The van der Waals surface area contributed by atoms with Crippen molar-refractivity contribution in [2.75, 3.05) is 0 Å². The quantitative estimate of drug-likeness (QED) is 0.150. The maximum atomic E-state index is 16.5. The van der Waals surface area contributed by atoms with Crippen molar-refractivity contribution in [1.82, 2.24) is 4.57 Å². The first kappa shape index (κ1) is 63.7. The molecule has 0 bridgehead atoms. The maximum absolute atomic E-state index is 16.5. The van der Waals surface area contributed by atoms with Crippen LogP contribution in [0, 0.1) is 5.82 Å². The van der Waals surface area contributed by atoms with Crippen molar-refractivity contribution in [2.45, 2.75) is 209 Å². The fourth-order valence-electron chi connectivity index (χ4n) is 12.2. The second-order valence-electron chi connectivity index (χ2n) is 34.0. The fraction of sp³-hybridized carbons (Fsp3) is 0.372. The predicted octanol–water partition coefficient (Wildman–Crippen LogP) is 25.3. The van der Waals surface area contributed by atoms with Crippen molar-refractivity contribution >= 4 is 21.8 Å². The standard InChI is InChI=1S/C86H100FN/c1-79(2,3)65-39-61(40-66(49-65)80(4,5)6)57-33-55(34-58(37-57)62-41-67(81(7,8)9)50-68(42-62)82(10,11)12)53-29-31-76-73(47-53)74-48-54(30-32-77(74)88(76)78-28-26-25-27-75(78)87)56-35-59(63-43-69(83(13,14)15)51-70(44-63)84(16,17)18)38-60(36-56)64-45-71(85(19,20)21)52-72(46-64)86(22,23)24/h25-52H,1-24H3. The van der Waals surface area contributed by atoms with E-state index < -0.39 is 0 Å². The third kappa shape index (κ3) is 13.2. The summed E-state index contributed by atoms with van der Waals surface area (Å²) >= 11 is 0. The van der Waals surface area contributed by atoms with Gasteiger partial charge in [0.05, 0.1) is 16.7 Å². The lowest BCUT2D eigenvalue weighted by Crippen LogP contribution is -2.16. The van der Waals surface area contributed by atoms with Gasteiger partial charge in [-0.3, -0.25) is 0 Å². The van der Waals surface area contributed by atoms with Gasteiger partial charge in [-0.1, -0.05) is 263 Å². The average molecular weight is 1170 g/mol. The molecule has 0 aliphatic heterocycles. The van der Waals surface area contributed by atoms with E-state index in [-0.39, 0.29) is 49.1 Å². The van der Waals surface area contributed by atoms with Gasteiger partial charge >= 0.3 is 0 Å². The van der Waals surface area contributed by atoms with Crippen molar-refractivity contribution in [3.05, 3.63) is 220 Å². The van der Waals surface area contributed by atoms with Crippen LogP contribution in [0.3, 0.4) is 0 Å². The van der Waals surface area contributed by atoms with Crippen LogP contribution < -0.4 is 0 Å². The zero-order valence-electron chi connectivity index (χ0n) is 58.0. The van der Waals surface area contributed by atoms with Crippen molar-refractivity contribution in [1.29, 1.82) is 0 Å². The summed E-state index contributed by atoms with van der Waals surface area (Å²) in [6.07, 6.45) is 0. The van der Waals surface area contributed by atoms with E-state index in [0.717, 1.165) is 44.1 Å². The zero-order valence-corrected chi connectivity index (χ0v) is 58.0. The Bertz CT molecular complexity index is 3750. The van der Waals surface area contributed by atoms with Crippen LogP contribution in [0.25, 0.3) is 94.3 Å². The molecule has 0 saturated carbocycles. The first-order valence-corrected chi connectivity index (χ1v) is 32.3. The molecule has 0 aliphatic rings. The Morgan fingerprint density at radius 1 is 0.216 bits per heavy atom. The van der Waals surface area contributed by atoms with Crippen LogP contribution in [-0.2, 0) is 43.3 Å². The highest BCUT2D eigenvalue weighted by molar-refractivity contribution is 6.12. The molecule has 10 rings (SSSR count). The Morgan fingerprint density at radius 2 is 0.420 bits per heavy atom. The highest BCUT2D eigenvalue weighted by atomic mass is 19.1. The first-order valence-electron chi connectivity index (χ1n) is 32.3. The minimum Gasteiger partial charge on any atom is -0.306 e. The van der Waals surface area contributed by atoms with Crippen molar-refractivity contribution in [3.63, 3.8) is 0 Å². The normalized spacial score (nSPS) is 13.3. The summed E-state index contributed by atoms with van der Waals surface area (Å²) in [4.78, 5) is 0. The first-order chi connectivity index (χ1) is 40.5. The van der Waals surface area contributed by atoms with Gasteiger partial charge in [0.2, 0.25) is 0 Å². The minimum atomic E-state index is -0.261. The average Bonchev–Trinajstić information content (AvgIpc) is 1.56. The number of fused-ring (bicyclic) bond motifs is 3. The molecule has 0 radical (unpaired) electrons. The van der Waals surface area contributed by atoms with Gasteiger partial charge < -0.3 is 4.57 Å². The van der Waals surface area contributed by atoms with Gasteiger partial charge in [-0.05, 0) is 227 Å². The molecule has 9 aromatic carbocycles. The number of benzene rings is 9. The molecule has 1 aromatic heterocycles. The number of hydrogen-bond donors (Lipinski definition) is 0. The van der Waals surface area contributed by atoms with Gasteiger partial charge in [-0.2, -0.15) is 0 Å². The maximum Gasteiger partial charge on any atom is 0.147 e. The van der Waals surface area contributed by atoms with E-state index in [2.05, 4.69) is 316 Å². The summed E-state index contributed by atoms with van der Waals surface area (Å²) in [5.41, 5.74) is 26.6. The second kappa shape index (κ2) is 22.0. The molecule has 88 heavy (non-hydrogen) atoms. The molecule has 0 unspecified atom stereocenters. The molecule has 0 aliphatic carbocycles. The Labute approximate surface area is 529 Å². The SMILES string of the molecule is CC(C)(C)c1cc(-c2cc(-c3cc(C(C)(C)C)cc(C(C)(C)C)c3)cc(-c3ccc4c(c3)c3cc(-c5cc(-c6cc(C(C)(C)C)cc(C(C)(C)C)c6)cc(-c6cc(C(C)(C)C)cc(C(C)(C)C)c6)c5)ccc3n4-c3ccccc3F)c2)cc(C(C)(C)C)c1. The number of nitrogens with zero attached hydrogens (tertiary/aromatic N) is 1. The Kier molecular flexibility index (Phi) is 16.0. The number of rotatable bonds is 7. The lowest BCUT2D eigenvalue weighted by Gasteiger charge is -2.27. The van der Waals surface area contributed by atoms with Crippen LogP contribution in [0.15, 0.2) is 170 Å². The Hall–Kier alpha value is -7.29. The van der Waals surface area contributed by atoms with Gasteiger partial charge in [0.15, 0.2) is 0 Å². The molecule has 0 amide bonds. The van der Waals surface area contributed by atoms with E-state index in [1.54, 1.807) is 12.1 Å². The van der Waals surface area contributed by atoms with Gasteiger partial charge in [-0.15, -0.1) is 0 Å². The lowest BCUT2D eigenvalue weighted by molar-refractivity contribution is 0.568. The number of para-hydroxylation sites is 1. The van der Waals surface area contributed by atoms with Gasteiger partial charge in [-0.25, -0.2) is 4.39 Å². The molecule has 1 heterocycles. The number of hydrogen-bond acceptors (Lipinski definition) is 0. The van der Waals surface area contributed by atoms with Crippen molar-refractivity contribution in [2.24, 2.45) is 0 Å². The van der Waals surface area contributed by atoms with Crippen LogP contribution in [0.2, 0.25) is 0 Å². The summed E-state index contributed by atoms with van der Waals surface area (Å²) in [6.45, 7) is 55.7. The molecule has 1 nitrogen and oxygen atoms in total. The minimum absolute atomic E-state index is 0.0570. The molecule has 2 heteroatoms. The van der Waals surface area contributed by atoms with E-state index in [1.807, 2.05) is 12.1 Å². The molecule has 0 spiro atoms. The van der Waals surface area contributed by atoms with Gasteiger partial charge in [0.1, 0.15) is 5.82 Å². The molecule has 0 fully saturated rings. The fourth-order valence-corrected chi connectivity index (χ4v) is 12.2. The van der Waals surface area contributed by atoms with Crippen LogP contribution in [0.5, 0.6) is 0 Å². The Morgan fingerprint density at radius 3 is 0.636 bits per heavy atom. The highest BCUT2D eigenvalue weighted by Gasteiger charge is 2.28. The number of halogens is 1. The van der Waals surface area contributed by atoms with E-state index >= 15 is 4.39 Å².